The third kappa shape index (κ3) is 3.76. The van der Waals surface area contributed by atoms with Crippen molar-refractivity contribution in [2.75, 3.05) is 12.0 Å². The van der Waals surface area contributed by atoms with Crippen LogP contribution in [0.3, 0.4) is 0 Å². The minimum atomic E-state index is -0.0660. The smallest absolute Gasteiger partial charge is 0.174 e. The molecule has 0 radical (unpaired) electrons. The first kappa shape index (κ1) is 21.2. The second kappa shape index (κ2) is 8.71. The fraction of sp³-hybridized carbons (Fsp3) is 0.185. The molecule has 1 fully saturated rings. The first-order valence-corrected chi connectivity index (χ1v) is 11.4. The third-order valence-electron chi connectivity index (χ3n) is 6.25. The number of anilines is 1. The summed E-state index contributed by atoms with van der Waals surface area (Å²) in [6, 6.07) is 26.7. The van der Waals surface area contributed by atoms with E-state index in [1.165, 1.54) is 17.0 Å². The number of aryl methyl sites for hydroxylation is 1. The van der Waals surface area contributed by atoms with Crippen LogP contribution in [0.1, 0.15) is 34.7 Å². The van der Waals surface area contributed by atoms with Gasteiger partial charge in [0.1, 0.15) is 5.75 Å². The van der Waals surface area contributed by atoms with Crippen LogP contribution >= 0.6 is 12.2 Å². The summed E-state index contributed by atoms with van der Waals surface area (Å²) in [5, 5.41) is 4.25. The largest absolute Gasteiger partial charge is 0.497 e. The Bertz CT molecular complexity index is 1270. The average Bonchev–Trinajstić information content (AvgIpc) is 3.35. The number of rotatable bonds is 5. The first-order valence-electron chi connectivity index (χ1n) is 11.0. The van der Waals surface area contributed by atoms with Crippen molar-refractivity contribution in [1.29, 1.82) is 0 Å². The van der Waals surface area contributed by atoms with Crippen LogP contribution in [0.15, 0.2) is 85.1 Å². The third-order valence-corrected chi connectivity index (χ3v) is 6.57. The topological polar surface area (TPSA) is 42.3 Å². The Morgan fingerprint density at radius 1 is 0.909 bits per heavy atom. The lowest BCUT2D eigenvalue weighted by atomic mass is 9.96. The van der Waals surface area contributed by atoms with Gasteiger partial charge in [0.05, 0.1) is 24.9 Å². The minimum absolute atomic E-state index is 0.0343. The molecule has 2 aromatic heterocycles. The molecule has 5 nitrogen and oxygen atoms in total. The Hall–Kier alpha value is -3.64. The molecular weight excluding hydrogens is 428 g/mol. The first-order chi connectivity index (χ1) is 16.1. The number of ether oxygens (including phenoxy) is 1. The highest BCUT2D eigenvalue weighted by Gasteiger charge is 2.42. The van der Waals surface area contributed by atoms with Gasteiger partial charge in [-0.05, 0) is 86.2 Å². The normalized spacial score (nSPS) is 17.8. The molecule has 4 aromatic rings. The fourth-order valence-corrected chi connectivity index (χ4v) is 5.10. The zero-order valence-corrected chi connectivity index (χ0v) is 19.7. The van der Waals surface area contributed by atoms with Gasteiger partial charge in [0.15, 0.2) is 5.11 Å². The van der Waals surface area contributed by atoms with Crippen molar-refractivity contribution < 1.29 is 4.74 Å². The van der Waals surface area contributed by atoms with E-state index in [2.05, 4.69) is 70.0 Å². The summed E-state index contributed by atoms with van der Waals surface area (Å²) in [5.74, 6) is 0.845. The van der Waals surface area contributed by atoms with E-state index in [4.69, 9.17) is 17.0 Å². The highest BCUT2D eigenvalue weighted by atomic mass is 32.1. The van der Waals surface area contributed by atoms with Crippen LogP contribution in [0, 0.1) is 13.8 Å². The molecule has 1 aliphatic rings. The predicted octanol–water partition coefficient (Wildman–Crippen LogP) is 5.67. The van der Waals surface area contributed by atoms with Crippen LogP contribution in [-0.4, -0.2) is 21.8 Å². The van der Waals surface area contributed by atoms with Gasteiger partial charge < -0.3 is 19.5 Å². The monoisotopic (exact) mass is 454 g/mol. The van der Waals surface area contributed by atoms with Crippen molar-refractivity contribution >= 4 is 23.0 Å². The maximum atomic E-state index is 5.85. The van der Waals surface area contributed by atoms with Gasteiger partial charge in [-0.2, -0.15) is 0 Å². The Morgan fingerprint density at radius 2 is 1.64 bits per heavy atom. The Morgan fingerprint density at radius 3 is 2.30 bits per heavy atom. The molecule has 6 heteroatoms. The van der Waals surface area contributed by atoms with E-state index in [9.17, 15) is 0 Å². The summed E-state index contributed by atoms with van der Waals surface area (Å²) in [6.45, 7) is 4.32. The molecule has 1 saturated heterocycles. The number of para-hydroxylation sites is 1. The van der Waals surface area contributed by atoms with Gasteiger partial charge in [0.25, 0.3) is 0 Å². The Balaban J connectivity index is 1.65. The van der Waals surface area contributed by atoms with Crippen molar-refractivity contribution in [3.8, 4) is 11.4 Å². The zero-order valence-electron chi connectivity index (χ0n) is 18.9. The molecule has 0 unspecified atom stereocenters. The number of hydrogen-bond acceptors (Lipinski definition) is 3. The molecule has 0 aliphatic carbocycles. The van der Waals surface area contributed by atoms with E-state index in [-0.39, 0.29) is 12.1 Å². The second-order valence-corrected chi connectivity index (χ2v) is 8.58. The summed E-state index contributed by atoms with van der Waals surface area (Å²) in [6.07, 6.45) is 1.84. The van der Waals surface area contributed by atoms with Gasteiger partial charge in [-0.25, -0.2) is 0 Å². The van der Waals surface area contributed by atoms with Crippen LogP contribution < -0.4 is 15.0 Å². The number of nitrogens with one attached hydrogen (secondary N) is 1. The van der Waals surface area contributed by atoms with Crippen LogP contribution in [0.25, 0.3) is 5.69 Å². The number of nitrogens with zero attached hydrogens (tertiary/aromatic N) is 3. The van der Waals surface area contributed by atoms with E-state index in [0.29, 0.717) is 5.11 Å². The standard InChI is InChI=1S/C27H26N4OS/c1-18-17-23(19(2)30(18)21-12-14-22(32-3)15-13-21)26-25(24-11-7-8-16-28-24)29-27(33)31(26)20-9-5-4-6-10-20/h4-17,25-26H,1-3H3,(H,29,33)/t25-,26-/m0/s1. The van der Waals surface area contributed by atoms with Crippen molar-refractivity contribution in [3.05, 3.63) is 108 Å². The van der Waals surface area contributed by atoms with Gasteiger partial charge in [0, 0.05) is 29.0 Å². The lowest BCUT2D eigenvalue weighted by molar-refractivity contribution is 0.414. The summed E-state index contributed by atoms with van der Waals surface area (Å²) in [7, 11) is 1.69. The minimum Gasteiger partial charge on any atom is -0.497 e. The molecule has 0 amide bonds. The van der Waals surface area contributed by atoms with E-state index in [1.54, 1.807) is 7.11 Å². The second-order valence-electron chi connectivity index (χ2n) is 8.19. The Kier molecular flexibility index (Phi) is 5.60. The Labute approximate surface area is 199 Å². The fourth-order valence-electron chi connectivity index (χ4n) is 4.75. The van der Waals surface area contributed by atoms with Crippen LogP contribution in [0.4, 0.5) is 5.69 Å². The zero-order chi connectivity index (χ0) is 22.9. The molecule has 0 bridgehead atoms. The molecule has 2 aromatic carbocycles. The molecule has 2 atom stereocenters. The lowest BCUT2D eigenvalue weighted by Crippen LogP contribution is -2.29. The highest BCUT2D eigenvalue weighted by Crippen LogP contribution is 2.43. The van der Waals surface area contributed by atoms with E-state index >= 15 is 0 Å². The average molecular weight is 455 g/mol. The highest BCUT2D eigenvalue weighted by molar-refractivity contribution is 7.80. The summed E-state index contributed by atoms with van der Waals surface area (Å²) in [5.41, 5.74) is 6.70. The van der Waals surface area contributed by atoms with E-state index in [1.807, 2.05) is 48.7 Å². The van der Waals surface area contributed by atoms with Gasteiger partial charge in [-0.3, -0.25) is 4.98 Å². The van der Waals surface area contributed by atoms with Crippen molar-refractivity contribution in [2.45, 2.75) is 25.9 Å². The molecule has 33 heavy (non-hydrogen) atoms. The van der Waals surface area contributed by atoms with Crippen LogP contribution in [-0.2, 0) is 0 Å². The summed E-state index contributed by atoms with van der Waals surface area (Å²) < 4.78 is 7.63. The lowest BCUT2D eigenvalue weighted by Gasteiger charge is -2.28. The molecule has 1 N–H and O–H groups in total. The van der Waals surface area contributed by atoms with Gasteiger partial charge in [-0.1, -0.05) is 24.3 Å². The number of aromatic nitrogens is 2. The van der Waals surface area contributed by atoms with Gasteiger partial charge >= 0.3 is 0 Å². The molecule has 166 valence electrons. The number of pyridine rings is 1. The van der Waals surface area contributed by atoms with E-state index in [0.717, 1.165) is 22.8 Å². The molecule has 1 aliphatic heterocycles. The number of thiocarbonyl (C=S) groups is 1. The molecule has 5 rings (SSSR count). The van der Waals surface area contributed by atoms with Crippen LogP contribution in [0.5, 0.6) is 5.75 Å². The number of hydrogen-bond donors (Lipinski definition) is 1. The van der Waals surface area contributed by atoms with Crippen molar-refractivity contribution in [1.82, 2.24) is 14.9 Å². The number of methoxy groups -OCH3 is 1. The maximum Gasteiger partial charge on any atom is 0.174 e. The molecular formula is C27H26N4OS. The summed E-state index contributed by atoms with van der Waals surface area (Å²) >= 11 is 5.85. The molecule has 0 saturated carbocycles. The SMILES string of the molecule is COc1ccc(-n2c(C)cc([C@H]3[C@H](c4ccccn4)NC(=S)N3c3ccccc3)c2C)cc1. The summed E-state index contributed by atoms with van der Waals surface area (Å²) in [4.78, 5) is 6.88. The van der Waals surface area contributed by atoms with Gasteiger partial charge in [0.2, 0.25) is 0 Å². The van der Waals surface area contributed by atoms with Gasteiger partial charge in [-0.15, -0.1) is 0 Å². The molecule has 3 heterocycles. The van der Waals surface area contributed by atoms with E-state index < -0.39 is 0 Å². The van der Waals surface area contributed by atoms with Crippen molar-refractivity contribution in [3.63, 3.8) is 0 Å². The van der Waals surface area contributed by atoms with Crippen LogP contribution in [0.2, 0.25) is 0 Å². The predicted molar refractivity (Wildman–Crippen MR) is 136 cm³/mol. The number of benzene rings is 2. The molecule has 0 spiro atoms. The van der Waals surface area contributed by atoms with Crippen molar-refractivity contribution in [2.24, 2.45) is 0 Å². The maximum absolute atomic E-state index is 5.85. The quantitative estimate of drug-likeness (QED) is 0.393.